The first-order valence-electron chi connectivity index (χ1n) is 11.5. The van der Waals surface area contributed by atoms with Crippen molar-refractivity contribution < 1.29 is 9.59 Å². The Labute approximate surface area is 189 Å². The summed E-state index contributed by atoms with van der Waals surface area (Å²) in [4.78, 5) is 39.8. The SMILES string of the molecule is CC(=O)N1CCCN(C(=O)C2CCN(c3nccc(Nc4ccc(C)cc4)n3)CC2)CC1. The van der Waals surface area contributed by atoms with Crippen LogP contribution in [-0.2, 0) is 9.59 Å². The van der Waals surface area contributed by atoms with Gasteiger partial charge in [-0.3, -0.25) is 9.59 Å². The number of hydrogen-bond donors (Lipinski definition) is 1. The van der Waals surface area contributed by atoms with E-state index in [1.807, 2.05) is 28.0 Å². The molecule has 0 bridgehead atoms. The molecular formula is C24H32N6O2. The van der Waals surface area contributed by atoms with Crippen LogP contribution in [0.25, 0.3) is 0 Å². The van der Waals surface area contributed by atoms with Crippen molar-refractivity contribution in [2.75, 3.05) is 49.5 Å². The van der Waals surface area contributed by atoms with Gasteiger partial charge in [0.05, 0.1) is 0 Å². The molecule has 3 heterocycles. The quantitative estimate of drug-likeness (QED) is 0.794. The number of rotatable bonds is 4. The van der Waals surface area contributed by atoms with Gasteiger partial charge in [-0.15, -0.1) is 0 Å². The summed E-state index contributed by atoms with van der Waals surface area (Å²) in [6, 6.07) is 10.1. The van der Waals surface area contributed by atoms with Gasteiger partial charge in [-0.25, -0.2) is 4.98 Å². The highest BCUT2D eigenvalue weighted by Gasteiger charge is 2.30. The number of amides is 2. The van der Waals surface area contributed by atoms with Gasteiger partial charge in [0.25, 0.3) is 0 Å². The van der Waals surface area contributed by atoms with Gasteiger partial charge in [0, 0.05) is 64.0 Å². The average molecular weight is 437 g/mol. The van der Waals surface area contributed by atoms with E-state index < -0.39 is 0 Å². The van der Waals surface area contributed by atoms with Crippen LogP contribution >= 0.6 is 0 Å². The fourth-order valence-corrected chi connectivity index (χ4v) is 4.39. The molecule has 32 heavy (non-hydrogen) atoms. The van der Waals surface area contributed by atoms with Crippen molar-refractivity contribution in [3.05, 3.63) is 42.1 Å². The van der Waals surface area contributed by atoms with Crippen LogP contribution < -0.4 is 10.2 Å². The van der Waals surface area contributed by atoms with Crippen LogP contribution in [0.15, 0.2) is 36.5 Å². The molecule has 170 valence electrons. The lowest BCUT2D eigenvalue weighted by molar-refractivity contribution is -0.136. The van der Waals surface area contributed by atoms with Crippen LogP contribution in [0.4, 0.5) is 17.5 Å². The first kappa shape index (κ1) is 22.0. The highest BCUT2D eigenvalue weighted by molar-refractivity contribution is 5.79. The Balaban J connectivity index is 1.32. The molecule has 0 aliphatic carbocycles. The predicted octanol–water partition coefficient (Wildman–Crippen LogP) is 2.83. The minimum Gasteiger partial charge on any atom is -0.341 e. The summed E-state index contributed by atoms with van der Waals surface area (Å²) in [7, 11) is 0. The molecule has 2 aliphatic heterocycles. The number of aromatic nitrogens is 2. The summed E-state index contributed by atoms with van der Waals surface area (Å²) < 4.78 is 0. The number of carbonyl (C=O) groups is 2. The van der Waals surface area contributed by atoms with Gasteiger partial charge < -0.3 is 20.0 Å². The maximum atomic E-state index is 13.1. The molecule has 0 radical (unpaired) electrons. The van der Waals surface area contributed by atoms with Gasteiger partial charge in [-0.1, -0.05) is 17.7 Å². The zero-order chi connectivity index (χ0) is 22.5. The van der Waals surface area contributed by atoms with Crippen LogP contribution in [0.3, 0.4) is 0 Å². The molecule has 0 unspecified atom stereocenters. The Morgan fingerprint density at radius 2 is 1.62 bits per heavy atom. The van der Waals surface area contributed by atoms with Crippen molar-refractivity contribution in [1.82, 2.24) is 19.8 Å². The summed E-state index contributed by atoms with van der Waals surface area (Å²) in [5.41, 5.74) is 2.21. The minimum absolute atomic E-state index is 0.0315. The molecule has 4 rings (SSSR count). The second-order valence-corrected chi connectivity index (χ2v) is 8.68. The highest BCUT2D eigenvalue weighted by Crippen LogP contribution is 2.24. The monoisotopic (exact) mass is 436 g/mol. The summed E-state index contributed by atoms with van der Waals surface area (Å²) >= 11 is 0. The van der Waals surface area contributed by atoms with E-state index in [2.05, 4.69) is 39.2 Å². The van der Waals surface area contributed by atoms with Crippen molar-refractivity contribution in [2.24, 2.45) is 5.92 Å². The van der Waals surface area contributed by atoms with Crippen LogP contribution in [-0.4, -0.2) is 70.9 Å². The third kappa shape index (κ3) is 5.36. The number of benzene rings is 1. The van der Waals surface area contributed by atoms with Gasteiger partial charge in [-0.05, 0) is 44.4 Å². The van der Waals surface area contributed by atoms with Gasteiger partial charge in [0.1, 0.15) is 5.82 Å². The maximum absolute atomic E-state index is 13.1. The van der Waals surface area contributed by atoms with E-state index in [4.69, 9.17) is 0 Å². The van der Waals surface area contributed by atoms with Crippen molar-refractivity contribution in [2.45, 2.75) is 33.1 Å². The third-order valence-electron chi connectivity index (χ3n) is 6.35. The first-order valence-corrected chi connectivity index (χ1v) is 11.5. The molecular weight excluding hydrogens is 404 g/mol. The van der Waals surface area contributed by atoms with Crippen LogP contribution in [0.2, 0.25) is 0 Å². The molecule has 2 aromatic rings. The fourth-order valence-electron chi connectivity index (χ4n) is 4.39. The van der Waals surface area contributed by atoms with Crippen molar-refractivity contribution in [3.63, 3.8) is 0 Å². The topological polar surface area (TPSA) is 81.7 Å². The van der Waals surface area contributed by atoms with Crippen molar-refractivity contribution in [3.8, 4) is 0 Å². The standard InChI is InChI=1S/C24H32N6O2/c1-18-4-6-21(7-5-18)26-22-8-11-25-24(27-22)30-14-9-20(10-15-30)23(32)29-13-3-12-28(16-17-29)19(2)31/h4-8,11,20H,3,9-10,12-17H2,1-2H3,(H,25,26,27). The van der Waals surface area contributed by atoms with Gasteiger partial charge in [-0.2, -0.15) is 4.98 Å². The molecule has 1 N–H and O–H groups in total. The largest absolute Gasteiger partial charge is 0.341 e. The van der Waals surface area contributed by atoms with Crippen LogP contribution in [0.5, 0.6) is 0 Å². The van der Waals surface area contributed by atoms with Crippen molar-refractivity contribution >= 4 is 29.3 Å². The lowest BCUT2D eigenvalue weighted by Crippen LogP contribution is -2.44. The molecule has 2 saturated heterocycles. The maximum Gasteiger partial charge on any atom is 0.227 e. The molecule has 0 atom stereocenters. The summed E-state index contributed by atoms with van der Waals surface area (Å²) in [5, 5.41) is 3.33. The number of nitrogens with one attached hydrogen (secondary N) is 1. The average Bonchev–Trinajstić information content (AvgIpc) is 3.07. The van der Waals surface area contributed by atoms with Gasteiger partial charge in [0.2, 0.25) is 17.8 Å². The highest BCUT2D eigenvalue weighted by atomic mass is 16.2. The second-order valence-electron chi connectivity index (χ2n) is 8.68. The number of aryl methyl sites for hydroxylation is 1. The number of nitrogens with zero attached hydrogens (tertiary/aromatic N) is 5. The van der Waals surface area contributed by atoms with Gasteiger partial charge in [0.15, 0.2) is 0 Å². The zero-order valence-corrected chi connectivity index (χ0v) is 19.0. The molecule has 8 nitrogen and oxygen atoms in total. The molecule has 1 aromatic carbocycles. The van der Waals surface area contributed by atoms with E-state index in [0.717, 1.165) is 56.9 Å². The molecule has 2 fully saturated rings. The van der Waals surface area contributed by atoms with Gasteiger partial charge >= 0.3 is 0 Å². The third-order valence-corrected chi connectivity index (χ3v) is 6.35. The van der Waals surface area contributed by atoms with E-state index in [0.29, 0.717) is 19.0 Å². The molecule has 0 spiro atoms. The van der Waals surface area contributed by atoms with Crippen LogP contribution in [0.1, 0.15) is 31.7 Å². The number of piperidine rings is 1. The smallest absolute Gasteiger partial charge is 0.227 e. The van der Waals surface area contributed by atoms with E-state index in [1.54, 1.807) is 13.1 Å². The van der Waals surface area contributed by atoms with E-state index in [-0.39, 0.29) is 17.7 Å². The number of carbonyl (C=O) groups excluding carboxylic acids is 2. The lowest BCUT2D eigenvalue weighted by Gasteiger charge is -2.34. The number of anilines is 3. The van der Waals surface area contributed by atoms with E-state index in [9.17, 15) is 9.59 Å². The molecule has 2 aliphatic rings. The molecule has 1 aromatic heterocycles. The second kappa shape index (κ2) is 9.97. The van der Waals surface area contributed by atoms with E-state index in [1.165, 1.54) is 5.56 Å². The van der Waals surface area contributed by atoms with E-state index >= 15 is 0 Å². The van der Waals surface area contributed by atoms with Crippen molar-refractivity contribution in [1.29, 1.82) is 0 Å². The molecule has 2 amide bonds. The Kier molecular flexibility index (Phi) is 6.87. The van der Waals surface area contributed by atoms with Crippen LogP contribution in [0, 0.1) is 12.8 Å². The minimum atomic E-state index is 0.0315. The Hall–Kier alpha value is -3.16. The number of hydrogen-bond acceptors (Lipinski definition) is 6. The molecule has 0 saturated carbocycles. The summed E-state index contributed by atoms with van der Waals surface area (Å²) in [6.07, 6.45) is 4.21. The predicted molar refractivity (Wildman–Crippen MR) is 125 cm³/mol. The lowest BCUT2D eigenvalue weighted by atomic mass is 9.95. The Morgan fingerprint density at radius 1 is 0.938 bits per heavy atom. The summed E-state index contributed by atoms with van der Waals surface area (Å²) in [5.74, 6) is 1.80. The Morgan fingerprint density at radius 3 is 2.34 bits per heavy atom. The summed E-state index contributed by atoms with van der Waals surface area (Å²) in [6.45, 7) is 7.92. The zero-order valence-electron chi connectivity index (χ0n) is 19.0. The fraction of sp³-hybridized carbons (Fsp3) is 0.500. The molecule has 8 heteroatoms. The first-order chi connectivity index (χ1) is 15.5. The normalized spacial score (nSPS) is 17.8. The Bertz CT molecular complexity index is 940.